The second kappa shape index (κ2) is 10.1. The molecule has 2 aromatic carbocycles. The molecule has 13 heteroatoms. The molecule has 5 aliphatic rings. The van der Waals surface area contributed by atoms with Gasteiger partial charge in [0.25, 0.3) is 0 Å². The van der Waals surface area contributed by atoms with Gasteiger partial charge in [-0.2, -0.15) is 9.97 Å². The highest BCUT2D eigenvalue weighted by Gasteiger charge is 2.61. The van der Waals surface area contributed by atoms with E-state index in [4.69, 9.17) is 16.1 Å². The molecule has 5 atom stereocenters. The zero-order valence-electron chi connectivity index (χ0n) is 25.8. The molecule has 2 N–H and O–H groups in total. The number of terminal acetylenes is 1. The average molecular weight is 663 g/mol. The first kappa shape index (κ1) is 29.8. The van der Waals surface area contributed by atoms with Crippen molar-refractivity contribution in [2.45, 2.75) is 74.3 Å². The molecule has 0 radical (unpaired) electrons. The van der Waals surface area contributed by atoms with Crippen LogP contribution in [0, 0.1) is 24.0 Å². The minimum absolute atomic E-state index is 0.0338. The van der Waals surface area contributed by atoms with Gasteiger partial charge in [0.1, 0.15) is 41.4 Å². The van der Waals surface area contributed by atoms with Gasteiger partial charge in [0.2, 0.25) is 0 Å². The van der Waals surface area contributed by atoms with Crippen LogP contribution in [0.25, 0.3) is 32.9 Å². The Morgan fingerprint density at radius 2 is 1.96 bits per heavy atom. The van der Waals surface area contributed by atoms with E-state index in [0.717, 1.165) is 13.0 Å². The monoisotopic (exact) mass is 662 g/mol. The molecule has 4 aromatic rings. The van der Waals surface area contributed by atoms with Crippen LogP contribution in [0.4, 0.5) is 27.8 Å². The zero-order valence-corrected chi connectivity index (χ0v) is 25.8. The number of pyridine rings is 1. The van der Waals surface area contributed by atoms with Crippen molar-refractivity contribution in [1.82, 2.24) is 25.2 Å². The number of rotatable bonds is 4. The number of aromatic hydroxyl groups is 1. The summed E-state index contributed by atoms with van der Waals surface area (Å²) in [4.78, 5) is 17.5. The number of anilines is 1. The normalized spacial score (nSPS) is 30.8. The molecule has 8 nitrogen and oxygen atoms in total. The van der Waals surface area contributed by atoms with E-state index < -0.39 is 41.0 Å². The van der Waals surface area contributed by atoms with Gasteiger partial charge >= 0.3 is 6.01 Å². The Labute approximate surface area is 272 Å². The van der Waals surface area contributed by atoms with Gasteiger partial charge in [-0.25, -0.2) is 32.3 Å². The van der Waals surface area contributed by atoms with Crippen LogP contribution in [0.2, 0.25) is 0 Å². The number of hydrogen-bond acceptors (Lipinski definition) is 8. The van der Waals surface area contributed by atoms with Crippen LogP contribution >= 0.6 is 0 Å². The van der Waals surface area contributed by atoms with E-state index in [-0.39, 0.29) is 95.9 Å². The summed E-state index contributed by atoms with van der Waals surface area (Å²) in [5.41, 5.74) is -0.757. The van der Waals surface area contributed by atoms with Gasteiger partial charge < -0.3 is 14.7 Å². The number of hydrogen-bond donors (Lipinski definition) is 2. The lowest BCUT2D eigenvalue weighted by Gasteiger charge is -2.46. The van der Waals surface area contributed by atoms with E-state index in [1.165, 1.54) is 24.3 Å². The minimum atomic E-state index is -2.07. The molecule has 2 bridgehead atoms. The molecule has 48 heavy (non-hydrogen) atoms. The number of alkyl halides is 3. The predicted octanol–water partition coefficient (Wildman–Crippen LogP) is 5.62. The molecule has 5 aliphatic heterocycles. The van der Waals surface area contributed by atoms with Gasteiger partial charge in [0.05, 0.1) is 34.8 Å². The van der Waals surface area contributed by atoms with Gasteiger partial charge in [0.15, 0.2) is 17.4 Å². The molecule has 4 saturated heterocycles. The second-order valence-electron chi connectivity index (χ2n) is 13.9. The second-order valence-corrected chi connectivity index (χ2v) is 13.9. The number of halogens is 5. The van der Waals surface area contributed by atoms with E-state index in [0.29, 0.717) is 24.0 Å². The van der Waals surface area contributed by atoms with Gasteiger partial charge in [0, 0.05) is 36.8 Å². The number of phenolic OH excluding ortho intramolecular Hbond substituents is 1. The van der Waals surface area contributed by atoms with Crippen molar-refractivity contribution < 1.29 is 31.8 Å². The van der Waals surface area contributed by atoms with Crippen LogP contribution in [-0.4, -0.2) is 80.5 Å². The van der Waals surface area contributed by atoms with Crippen LogP contribution in [0.5, 0.6) is 11.8 Å². The van der Waals surface area contributed by atoms with Gasteiger partial charge in [-0.1, -0.05) is 12.0 Å². The fraction of sp³-hybridized carbons (Fsp3) is 0.457. The quantitative estimate of drug-likeness (QED) is 0.166. The summed E-state index contributed by atoms with van der Waals surface area (Å²) in [6, 6.07) is 4.18. The number of aryl methyl sites for hydroxylation is 1. The van der Waals surface area contributed by atoms with Crippen molar-refractivity contribution in [2.75, 3.05) is 31.1 Å². The van der Waals surface area contributed by atoms with Crippen molar-refractivity contribution >= 4 is 27.5 Å². The number of piperazine rings is 1. The summed E-state index contributed by atoms with van der Waals surface area (Å²) in [6.45, 7) is 0.856. The third-order valence-electron chi connectivity index (χ3n) is 11.1. The third kappa shape index (κ3) is 4.24. The molecule has 0 unspecified atom stereocenters. The van der Waals surface area contributed by atoms with Crippen molar-refractivity contribution in [2.24, 2.45) is 0 Å². The number of benzene rings is 2. The highest BCUT2D eigenvalue weighted by Crippen LogP contribution is 2.49. The Balaban J connectivity index is 1.26. The van der Waals surface area contributed by atoms with Crippen LogP contribution in [0.3, 0.4) is 0 Å². The average Bonchev–Trinajstić information content (AvgIpc) is 3.62. The maximum atomic E-state index is 17.1. The molecule has 2 aromatic heterocycles. The van der Waals surface area contributed by atoms with Crippen molar-refractivity contribution in [1.29, 1.82) is 0 Å². The molecule has 4 fully saturated rings. The summed E-state index contributed by atoms with van der Waals surface area (Å²) >= 11 is 0. The molecular formula is C35H31F5N6O2. The number of ether oxygens (including phenoxy) is 1. The van der Waals surface area contributed by atoms with Crippen LogP contribution in [0.15, 0.2) is 24.3 Å². The molecule has 0 aliphatic carbocycles. The lowest BCUT2D eigenvalue weighted by molar-refractivity contribution is 0.0101. The Morgan fingerprint density at radius 3 is 2.79 bits per heavy atom. The Morgan fingerprint density at radius 1 is 1.10 bits per heavy atom. The van der Waals surface area contributed by atoms with Crippen LogP contribution in [-0.2, 0) is 6.42 Å². The minimum Gasteiger partial charge on any atom is -0.508 e. The molecule has 0 saturated carbocycles. The Bertz CT molecular complexity index is 2090. The van der Waals surface area contributed by atoms with Crippen molar-refractivity contribution in [3.8, 4) is 35.4 Å². The highest BCUT2D eigenvalue weighted by atomic mass is 19.2. The van der Waals surface area contributed by atoms with E-state index in [1.54, 1.807) is 4.90 Å². The van der Waals surface area contributed by atoms with E-state index in [1.807, 2.05) is 0 Å². The molecule has 0 spiro atoms. The fourth-order valence-electron chi connectivity index (χ4n) is 8.99. The summed E-state index contributed by atoms with van der Waals surface area (Å²) in [5, 5.41) is 13.9. The Hall–Kier alpha value is -4.28. The number of aromatic nitrogens is 3. The maximum absolute atomic E-state index is 17.1. The fourth-order valence-corrected chi connectivity index (χ4v) is 8.99. The smallest absolute Gasteiger partial charge is 0.319 e. The lowest BCUT2D eigenvalue weighted by Crippen LogP contribution is -2.67. The van der Waals surface area contributed by atoms with E-state index in [9.17, 15) is 13.9 Å². The van der Waals surface area contributed by atoms with Crippen LogP contribution in [0.1, 0.15) is 49.8 Å². The largest absolute Gasteiger partial charge is 0.508 e. The summed E-state index contributed by atoms with van der Waals surface area (Å²) in [5.74, 6) is -3.50. The molecular weight excluding hydrogens is 631 g/mol. The van der Waals surface area contributed by atoms with Gasteiger partial charge in [-0.3, -0.25) is 4.90 Å². The number of phenols is 1. The molecule has 248 valence electrons. The SMILES string of the molecule is C#Cc1c(F)ccc2cc(O)cc(-c3nc4c5c(nc(OC[C@@]67CCCN6C[C@H](F)C7)nc5c3F)N3C[C@@]5(F)CC[C@](F)(N5)[C@@H]3CC4)c12. The number of nitrogens with one attached hydrogen (secondary N) is 1. The number of nitrogens with zero attached hydrogens (tertiary/aromatic N) is 5. The Kier molecular flexibility index (Phi) is 6.29. The zero-order chi connectivity index (χ0) is 33.2. The summed E-state index contributed by atoms with van der Waals surface area (Å²) in [6.07, 6.45) is 6.85. The summed E-state index contributed by atoms with van der Waals surface area (Å²) in [7, 11) is 0. The molecule has 9 rings (SSSR count). The molecule has 0 amide bonds. The predicted molar refractivity (Wildman–Crippen MR) is 168 cm³/mol. The van der Waals surface area contributed by atoms with Gasteiger partial charge in [-0.15, -0.1) is 6.42 Å². The third-order valence-corrected chi connectivity index (χ3v) is 11.1. The standard InChI is InChI=1S/C35H31F5N6O2/c1-2-21-23(37)5-4-18-12-20(47)13-22(26(18)21)29-28(38)30-27-24(41-29)6-7-25-35(40)10-9-34(39,44-35)16-46(25)31(27)43-32(42-30)48-17-33-8-3-11-45(33)15-19(36)14-33/h1,4-5,12-13,19,25,44,47H,3,6-11,14-17H2/t19-,25+,33+,34-,35+/m1/s1. The van der Waals surface area contributed by atoms with Crippen molar-refractivity contribution in [3.63, 3.8) is 0 Å². The lowest BCUT2D eigenvalue weighted by atomic mass is 9.95. The maximum Gasteiger partial charge on any atom is 0.319 e. The van der Waals surface area contributed by atoms with Crippen LogP contribution < -0.4 is 15.0 Å². The molecule has 7 heterocycles. The van der Waals surface area contributed by atoms with Gasteiger partial charge in [-0.05, 0) is 55.8 Å². The van der Waals surface area contributed by atoms with E-state index >= 15 is 13.2 Å². The topological polar surface area (TPSA) is 86.6 Å². The number of fused-ring (bicyclic) bond motifs is 7. The first-order valence-corrected chi connectivity index (χ1v) is 16.3. The highest BCUT2D eigenvalue weighted by molar-refractivity contribution is 6.03. The van der Waals surface area contributed by atoms with E-state index in [2.05, 4.69) is 26.1 Å². The van der Waals surface area contributed by atoms with Crippen molar-refractivity contribution in [3.05, 3.63) is 47.2 Å². The first-order valence-electron chi connectivity index (χ1n) is 16.3. The summed E-state index contributed by atoms with van der Waals surface area (Å²) < 4.78 is 85.0. The first-order chi connectivity index (χ1) is 23.0.